The van der Waals surface area contributed by atoms with E-state index in [2.05, 4.69) is 37.2 Å². The lowest BCUT2D eigenvalue weighted by atomic mass is 10.1. The van der Waals surface area contributed by atoms with E-state index >= 15 is 0 Å². The second kappa shape index (κ2) is 6.44. The molecule has 0 fully saturated rings. The number of carbonyl (C=O) groups is 1. The fraction of sp³-hybridized carbons (Fsp3) is 0.0714. The average molecular weight is 418 g/mol. The van der Waals surface area contributed by atoms with Gasteiger partial charge in [0.15, 0.2) is 0 Å². The summed E-state index contributed by atoms with van der Waals surface area (Å²) in [4.78, 5) is 12.1. The average Bonchev–Trinajstić information content (AvgIpc) is 2.42. The zero-order valence-corrected chi connectivity index (χ0v) is 14.1. The second-order valence-corrected chi connectivity index (χ2v) is 5.92. The fourth-order valence-electron chi connectivity index (χ4n) is 1.71. The quantitative estimate of drug-likeness (QED) is 0.735. The molecule has 0 aliphatic rings. The first-order valence-electron chi connectivity index (χ1n) is 5.81. The van der Waals surface area contributed by atoms with Crippen LogP contribution in [0.2, 0.25) is 0 Å². The molecule has 2 rings (SSSR count). The normalized spacial score (nSPS) is 10.3. The van der Waals surface area contributed by atoms with Gasteiger partial charge < -0.3 is 15.8 Å². The Hall–Kier alpha value is -1.60. The number of nitrogens with two attached hydrogens (primary N) is 1. The van der Waals surface area contributed by atoms with E-state index in [0.29, 0.717) is 21.6 Å². The number of ether oxygens (including phenoxy) is 1. The molecule has 0 unspecified atom stereocenters. The van der Waals surface area contributed by atoms with E-state index in [1.165, 1.54) is 19.2 Å². The molecule has 0 aliphatic carbocycles. The SMILES string of the molecule is COc1ccc(C(=O)Nc2c(N)cc(Br)cc2Br)c(F)c1. The first-order chi connectivity index (χ1) is 9.92. The van der Waals surface area contributed by atoms with Crippen LogP contribution in [0.4, 0.5) is 15.8 Å². The molecular formula is C14H11Br2FN2O2. The van der Waals surface area contributed by atoms with Crippen LogP contribution in [0.25, 0.3) is 0 Å². The Balaban J connectivity index is 2.30. The van der Waals surface area contributed by atoms with Gasteiger partial charge >= 0.3 is 0 Å². The van der Waals surface area contributed by atoms with Crippen molar-refractivity contribution < 1.29 is 13.9 Å². The Bertz CT molecular complexity index is 684. The zero-order chi connectivity index (χ0) is 15.6. The highest BCUT2D eigenvalue weighted by atomic mass is 79.9. The number of methoxy groups -OCH3 is 1. The van der Waals surface area contributed by atoms with Crippen LogP contribution in [0.3, 0.4) is 0 Å². The lowest BCUT2D eigenvalue weighted by Gasteiger charge is -2.12. The van der Waals surface area contributed by atoms with E-state index in [1.807, 2.05) is 0 Å². The molecule has 0 bridgehead atoms. The van der Waals surface area contributed by atoms with Crippen molar-refractivity contribution in [3.8, 4) is 5.75 Å². The van der Waals surface area contributed by atoms with Crippen molar-refractivity contribution in [2.45, 2.75) is 0 Å². The largest absolute Gasteiger partial charge is 0.497 e. The molecule has 110 valence electrons. The third-order valence-electron chi connectivity index (χ3n) is 2.74. The van der Waals surface area contributed by atoms with Crippen LogP contribution in [0.1, 0.15) is 10.4 Å². The predicted molar refractivity (Wildman–Crippen MR) is 87.2 cm³/mol. The molecule has 0 saturated heterocycles. The molecule has 1 amide bonds. The van der Waals surface area contributed by atoms with Gasteiger partial charge in [0.2, 0.25) is 0 Å². The smallest absolute Gasteiger partial charge is 0.258 e. The lowest BCUT2D eigenvalue weighted by Crippen LogP contribution is -2.15. The summed E-state index contributed by atoms with van der Waals surface area (Å²) in [5.74, 6) is -0.920. The number of hydrogen-bond donors (Lipinski definition) is 2. The van der Waals surface area contributed by atoms with Crippen molar-refractivity contribution in [3.05, 3.63) is 50.7 Å². The van der Waals surface area contributed by atoms with E-state index in [-0.39, 0.29) is 5.56 Å². The van der Waals surface area contributed by atoms with Crippen LogP contribution in [0.15, 0.2) is 39.3 Å². The number of benzene rings is 2. The summed E-state index contributed by atoms with van der Waals surface area (Å²) in [7, 11) is 1.42. The Morgan fingerprint density at radius 1 is 1.29 bits per heavy atom. The molecule has 3 N–H and O–H groups in total. The summed E-state index contributed by atoms with van der Waals surface area (Å²) in [5, 5.41) is 2.59. The minimum atomic E-state index is -0.668. The van der Waals surface area contributed by atoms with Crippen LogP contribution in [-0.2, 0) is 0 Å². The van der Waals surface area contributed by atoms with Gasteiger partial charge in [-0.2, -0.15) is 0 Å². The van der Waals surface area contributed by atoms with E-state index in [9.17, 15) is 9.18 Å². The first-order valence-corrected chi connectivity index (χ1v) is 7.40. The monoisotopic (exact) mass is 416 g/mol. The van der Waals surface area contributed by atoms with E-state index < -0.39 is 11.7 Å². The zero-order valence-electron chi connectivity index (χ0n) is 10.9. The number of amides is 1. The molecule has 2 aromatic rings. The van der Waals surface area contributed by atoms with E-state index in [0.717, 1.165) is 10.5 Å². The summed E-state index contributed by atoms with van der Waals surface area (Å²) in [6.45, 7) is 0. The Morgan fingerprint density at radius 2 is 2.00 bits per heavy atom. The molecule has 0 radical (unpaired) electrons. The Kier molecular flexibility index (Phi) is 4.84. The maximum atomic E-state index is 13.9. The molecule has 21 heavy (non-hydrogen) atoms. The number of rotatable bonds is 3. The molecule has 0 spiro atoms. The van der Waals surface area contributed by atoms with Crippen molar-refractivity contribution in [3.63, 3.8) is 0 Å². The van der Waals surface area contributed by atoms with Crippen molar-refractivity contribution in [2.75, 3.05) is 18.2 Å². The molecule has 0 aromatic heterocycles. The maximum Gasteiger partial charge on any atom is 0.258 e. The fourth-order valence-corrected chi connectivity index (χ4v) is 3.07. The maximum absolute atomic E-state index is 13.9. The number of nitrogen functional groups attached to an aromatic ring is 1. The number of carbonyl (C=O) groups excluding carboxylic acids is 1. The number of nitrogens with one attached hydrogen (secondary N) is 1. The van der Waals surface area contributed by atoms with E-state index in [1.54, 1.807) is 12.1 Å². The number of hydrogen-bond acceptors (Lipinski definition) is 3. The van der Waals surface area contributed by atoms with Crippen LogP contribution in [0.5, 0.6) is 5.75 Å². The molecule has 0 heterocycles. The number of anilines is 2. The van der Waals surface area contributed by atoms with Crippen molar-refractivity contribution >= 4 is 49.1 Å². The van der Waals surface area contributed by atoms with Crippen LogP contribution >= 0.6 is 31.9 Å². The highest BCUT2D eigenvalue weighted by Crippen LogP contribution is 2.33. The first kappa shape index (κ1) is 15.8. The highest BCUT2D eigenvalue weighted by Gasteiger charge is 2.16. The third-order valence-corrected chi connectivity index (χ3v) is 3.83. The van der Waals surface area contributed by atoms with Crippen LogP contribution < -0.4 is 15.8 Å². The molecule has 4 nitrogen and oxygen atoms in total. The Morgan fingerprint density at radius 3 is 2.57 bits per heavy atom. The molecule has 0 atom stereocenters. The standard InChI is InChI=1S/C14H11Br2FN2O2/c1-21-8-2-3-9(11(17)6-8)14(20)19-13-10(16)4-7(15)5-12(13)18/h2-6H,18H2,1H3,(H,19,20). The highest BCUT2D eigenvalue weighted by molar-refractivity contribution is 9.11. The lowest BCUT2D eigenvalue weighted by molar-refractivity contribution is 0.102. The molecular weight excluding hydrogens is 407 g/mol. The van der Waals surface area contributed by atoms with Gasteiger partial charge in [0.1, 0.15) is 11.6 Å². The van der Waals surface area contributed by atoms with E-state index in [4.69, 9.17) is 10.5 Å². The van der Waals surface area contributed by atoms with Gasteiger partial charge in [-0.1, -0.05) is 15.9 Å². The van der Waals surface area contributed by atoms with Crippen LogP contribution in [0, 0.1) is 5.82 Å². The minimum absolute atomic E-state index is 0.0926. The molecule has 0 aliphatic heterocycles. The van der Waals surface area contributed by atoms with Crippen molar-refractivity contribution in [2.24, 2.45) is 0 Å². The summed E-state index contributed by atoms with van der Waals surface area (Å²) in [5.41, 5.74) is 6.50. The molecule has 2 aromatic carbocycles. The van der Waals surface area contributed by atoms with Gasteiger partial charge in [-0.3, -0.25) is 4.79 Å². The summed E-state index contributed by atoms with van der Waals surface area (Å²) >= 11 is 6.59. The Labute approximate surface area is 137 Å². The molecule has 7 heteroatoms. The number of halogens is 3. The van der Waals surface area contributed by atoms with Gasteiger partial charge in [0, 0.05) is 15.0 Å². The third kappa shape index (κ3) is 3.54. The minimum Gasteiger partial charge on any atom is -0.497 e. The van der Waals surface area contributed by atoms with Gasteiger partial charge in [-0.05, 0) is 40.2 Å². The molecule has 0 saturated carbocycles. The summed E-state index contributed by atoms with van der Waals surface area (Å²) in [6.07, 6.45) is 0. The predicted octanol–water partition coefficient (Wildman–Crippen LogP) is 4.19. The van der Waals surface area contributed by atoms with Gasteiger partial charge in [-0.15, -0.1) is 0 Å². The van der Waals surface area contributed by atoms with Gasteiger partial charge in [-0.25, -0.2) is 4.39 Å². The van der Waals surface area contributed by atoms with Crippen molar-refractivity contribution in [1.82, 2.24) is 0 Å². The van der Waals surface area contributed by atoms with Gasteiger partial charge in [0.05, 0.1) is 24.0 Å². The van der Waals surface area contributed by atoms with Gasteiger partial charge in [0.25, 0.3) is 5.91 Å². The second-order valence-electron chi connectivity index (χ2n) is 4.15. The topological polar surface area (TPSA) is 64.3 Å². The van der Waals surface area contributed by atoms with Crippen molar-refractivity contribution in [1.29, 1.82) is 0 Å². The van der Waals surface area contributed by atoms with Crippen LogP contribution in [-0.4, -0.2) is 13.0 Å². The summed E-state index contributed by atoms with van der Waals surface area (Å²) in [6, 6.07) is 7.39. The summed E-state index contributed by atoms with van der Waals surface area (Å²) < 4.78 is 20.1.